The number of benzene rings is 2. The SMILES string of the molecule is CC/C=C\c1c(CC)cccc1-c1ccc(CCC)cc1. The maximum Gasteiger partial charge on any atom is -0.0109 e. The predicted molar refractivity (Wildman–Crippen MR) is 94.6 cm³/mol. The first-order chi connectivity index (χ1) is 10.3. The highest BCUT2D eigenvalue weighted by molar-refractivity contribution is 5.77. The topological polar surface area (TPSA) is 0 Å². The van der Waals surface area contributed by atoms with Crippen LogP contribution in [0.4, 0.5) is 0 Å². The van der Waals surface area contributed by atoms with Gasteiger partial charge in [-0.2, -0.15) is 0 Å². The Hall–Kier alpha value is -1.82. The highest BCUT2D eigenvalue weighted by Crippen LogP contribution is 2.28. The molecule has 0 atom stereocenters. The fourth-order valence-corrected chi connectivity index (χ4v) is 2.75. The van der Waals surface area contributed by atoms with Gasteiger partial charge in [0, 0.05) is 0 Å². The third-order valence-corrected chi connectivity index (χ3v) is 3.90. The molecule has 110 valence electrons. The van der Waals surface area contributed by atoms with Crippen molar-refractivity contribution in [3.8, 4) is 11.1 Å². The third-order valence-electron chi connectivity index (χ3n) is 3.90. The van der Waals surface area contributed by atoms with Crippen molar-refractivity contribution >= 4 is 6.08 Å². The Labute approximate surface area is 129 Å². The van der Waals surface area contributed by atoms with E-state index in [0.29, 0.717) is 0 Å². The standard InChI is InChI=1S/C21H26/c1-4-7-11-20-18(6-3)10-8-12-21(20)19-15-13-17(9-5-2)14-16-19/h7-8,10-16H,4-6,9H2,1-3H3/b11-7-. The second-order valence-electron chi connectivity index (χ2n) is 5.49. The molecule has 2 aromatic rings. The molecule has 0 nitrogen and oxygen atoms in total. The molecular formula is C21H26. The number of allylic oxidation sites excluding steroid dienone is 1. The van der Waals surface area contributed by atoms with Crippen molar-refractivity contribution in [2.24, 2.45) is 0 Å². The van der Waals surface area contributed by atoms with Gasteiger partial charge in [-0.05, 0) is 47.1 Å². The molecule has 0 N–H and O–H groups in total. The fourth-order valence-electron chi connectivity index (χ4n) is 2.75. The van der Waals surface area contributed by atoms with E-state index in [1.807, 2.05) is 0 Å². The van der Waals surface area contributed by atoms with Crippen LogP contribution in [0.5, 0.6) is 0 Å². The average molecular weight is 278 g/mol. The van der Waals surface area contributed by atoms with Crippen LogP contribution in [-0.2, 0) is 12.8 Å². The zero-order valence-electron chi connectivity index (χ0n) is 13.5. The van der Waals surface area contributed by atoms with Gasteiger partial charge in [0.05, 0.1) is 0 Å². The van der Waals surface area contributed by atoms with Crippen LogP contribution in [0.25, 0.3) is 17.2 Å². The van der Waals surface area contributed by atoms with Gasteiger partial charge < -0.3 is 0 Å². The zero-order chi connectivity index (χ0) is 15.1. The number of hydrogen-bond donors (Lipinski definition) is 0. The minimum Gasteiger partial charge on any atom is -0.0842 e. The van der Waals surface area contributed by atoms with E-state index in [1.54, 1.807) is 0 Å². The number of aryl methyl sites for hydroxylation is 2. The minimum atomic E-state index is 1.07. The Bertz CT molecular complexity index is 588. The molecule has 0 heteroatoms. The molecule has 0 bridgehead atoms. The second-order valence-corrected chi connectivity index (χ2v) is 5.49. The van der Waals surface area contributed by atoms with Crippen LogP contribution in [0.3, 0.4) is 0 Å². The molecule has 0 fully saturated rings. The quantitative estimate of drug-likeness (QED) is 0.582. The monoisotopic (exact) mass is 278 g/mol. The lowest BCUT2D eigenvalue weighted by Gasteiger charge is -2.12. The summed E-state index contributed by atoms with van der Waals surface area (Å²) in [6.45, 7) is 6.64. The van der Waals surface area contributed by atoms with Crippen LogP contribution in [0, 0.1) is 0 Å². The van der Waals surface area contributed by atoms with E-state index in [9.17, 15) is 0 Å². The van der Waals surface area contributed by atoms with Gasteiger partial charge in [-0.25, -0.2) is 0 Å². The summed E-state index contributed by atoms with van der Waals surface area (Å²) in [6, 6.07) is 15.7. The molecule has 0 aliphatic heterocycles. The van der Waals surface area contributed by atoms with Gasteiger partial charge in [0.25, 0.3) is 0 Å². The van der Waals surface area contributed by atoms with Crippen molar-refractivity contribution in [1.82, 2.24) is 0 Å². The van der Waals surface area contributed by atoms with E-state index in [4.69, 9.17) is 0 Å². The summed E-state index contributed by atoms with van der Waals surface area (Å²) in [5, 5.41) is 0. The molecule has 0 radical (unpaired) electrons. The lowest BCUT2D eigenvalue weighted by molar-refractivity contribution is 0.922. The predicted octanol–water partition coefficient (Wildman–Crippen LogP) is 6.29. The Balaban J connectivity index is 2.44. The number of hydrogen-bond acceptors (Lipinski definition) is 0. The van der Waals surface area contributed by atoms with Crippen molar-refractivity contribution < 1.29 is 0 Å². The van der Waals surface area contributed by atoms with Gasteiger partial charge in [-0.1, -0.05) is 81.8 Å². The van der Waals surface area contributed by atoms with Crippen LogP contribution >= 0.6 is 0 Å². The molecular weight excluding hydrogens is 252 g/mol. The minimum absolute atomic E-state index is 1.07. The first-order valence-corrected chi connectivity index (χ1v) is 8.17. The first kappa shape index (κ1) is 15.6. The molecule has 2 rings (SSSR count). The van der Waals surface area contributed by atoms with E-state index >= 15 is 0 Å². The molecule has 0 unspecified atom stereocenters. The smallest absolute Gasteiger partial charge is 0.0109 e. The normalized spacial score (nSPS) is 11.2. The first-order valence-electron chi connectivity index (χ1n) is 8.17. The summed E-state index contributed by atoms with van der Waals surface area (Å²) in [5.74, 6) is 0. The maximum absolute atomic E-state index is 2.29. The molecule has 21 heavy (non-hydrogen) atoms. The Kier molecular flexibility index (Phi) is 5.80. The van der Waals surface area contributed by atoms with Gasteiger partial charge in [0.15, 0.2) is 0 Å². The second kappa shape index (κ2) is 7.83. The van der Waals surface area contributed by atoms with Gasteiger partial charge >= 0.3 is 0 Å². The van der Waals surface area contributed by atoms with Crippen molar-refractivity contribution in [3.05, 3.63) is 65.2 Å². The van der Waals surface area contributed by atoms with E-state index in [2.05, 4.69) is 75.4 Å². The highest BCUT2D eigenvalue weighted by Gasteiger charge is 2.06. The Morgan fingerprint density at radius 3 is 2.29 bits per heavy atom. The van der Waals surface area contributed by atoms with E-state index < -0.39 is 0 Å². The van der Waals surface area contributed by atoms with Crippen LogP contribution in [0.1, 0.15) is 50.3 Å². The largest absolute Gasteiger partial charge is 0.0842 e. The zero-order valence-corrected chi connectivity index (χ0v) is 13.5. The summed E-state index contributed by atoms with van der Waals surface area (Å²) in [7, 11) is 0. The molecule has 2 aromatic carbocycles. The Morgan fingerprint density at radius 2 is 1.67 bits per heavy atom. The molecule has 0 saturated carbocycles. The van der Waals surface area contributed by atoms with Crippen molar-refractivity contribution in [2.45, 2.75) is 46.5 Å². The Morgan fingerprint density at radius 1 is 0.905 bits per heavy atom. The van der Waals surface area contributed by atoms with Crippen LogP contribution < -0.4 is 0 Å². The summed E-state index contributed by atoms with van der Waals surface area (Å²) in [6.07, 6.45) is 9.06. The van der Waals surface area contributed by atoms with Crippen molar-refractivity contribution in [1.29, 1.82) is 0 Å². The van der Waals surface area contributed by atoms with Crippen LogP contribution in [-0.4, -0.2) is 0 Å². The lowest BCUT2D eigenvalue weighted by atomic mass is 9.93. The highest BCUT2D eigenvalue weighted by atomic mass is 14.1. The third kappa shape index (κ3) is 3.85. The van der Waals surface area contributed by atoms with E-state index in [-0.39, 0.29) is 0 Å². The average Bonchev–Trinajstić information content (AvgIpc) is 2.53. The summed E-state index contributed by atoms with van der Waals surface area (Å²) < 4.78 is 0. The summed E-state index contributed by atoms with van der Waals surface area (Å²) in [4.78, 5) is 0. The van der Waals surface area contributed by atoms with Crippen LogP contribution in [0.15, 0.2) is 48.5 Å². The van der Waals surface area contributed by atoms with Gasteiger partial charge in [-0.3, -0.25) is 0 Å². The summed E-state index contributed by atoms with van der Waals surface area (Å²) in [5.41, 5.74) is 6.90. The van der Waals surface area contributed by atoms with Crippen molar-refractivity contribution in [2.75, 3.05) is 0 Å². The molecule has 0 heterocycles. The lowest BCUT2D eigenvalue weighted by Crippen LogP contribution is -1.91. The summed E-state index contributed by atoms with van der Waals surface area (Å²) >= 11 is 0. The maximum atomic E-state index is 2.29. The van der Waals surface area contributed by atoms with Gasteiger partial charge in [-0.15, -0.1) is 0 Å². The molecule has 0 aliphatic carbocycles. The van der Waals surface area contributed by atoms with Gasteiger partial charge in [0.2, 0.25) is 0 Å². The van der Waals surface area contributed by atoms with Crippen LogP contribution in [0.2, 0.25) is 0 Å². The number of rotatable bonds is 6. The van der Waals surface area contributed by atoms with Gasteiger partial charge in [0.1, 0.15) is 0 Å². The molecule has 0 spiro atoms. The molecule has 0 saturated heterocycles. The van der Waals surface area contributed by atoms with E-state index in [0.717, 1.165) is 19.3 Å². The van der Waals surface area contributed by atoms with E-state index in [1.165, 1.54) is 34.2 Å². The van der Waals surface area contributed by atoms with Crippen molar-refractivity contribution in [3.63, 3.8) is 0 Å². The molecule has 0 aromatic heterocycles. The molecule has 0 aliphatic rings. The molecule has 0 amide bonds. The fraction of sp³-hybridized carbons (Fsp3) is 0.333.